The summed E-state index contributed by atoms with van der Waals surface area (Å²) in [5, 5.41) is 0. The third-order valence-electron chi connectivity index (χ3n) is 4.72. The average molecular weight is 243 g/mol. The Morgan fingerprint density at radius 1 is 1.11 bits per heavy atom. The second-order valence-electron chi connectivity index (χ2n) is 6.16. The average Bonchev–Trinajstić information content (AvgIpc) is 2.50. The minimum absolute atomic E-state index is 0.0795. The molecule has 1 aromatic rings. The van der Waals surface area contributed by atoms with Gasteiger partial charge >= 0.3 is 0 Å². The molecule has 1 aliphatic heterocycles. The fraction of sp³-hybridized carbons (Fsp3) is 0.529. The molecule has 0 radical (unpaired) electrons. The van der Waals surface area contributed by atoms with Crippen molar-refractivity contribution in [3.8, 4) is 0 Å². The molecule has 1 heteroatoms. The van der Waals surface area contributed by atoms with Gasteiger partial charge in [-0.3, -0.25) is 0 Å². The molecule has 0 aromatic heterocycles. The maximum Gasteiger partial charge on any atom is 0.0477 e. The van der Waals surface area contributed by atoms with Crippen LogP contribution in [0.5, 0.6) is 0 Å². The highest BCUT2D eigenvalue weighted by Gasteiger charge is 2.49. The normalized spacial score (nSPS) is 17.8. The van der Waals surface area contributed by atoms with Gasteiger partial charge in [0.2, 0.25) is 0 Å². The zero-order valence-corrected chi connectivity index (χ0v) is 12.5. The highest BCUT2D eigenvalue weighted by Crippen LogP contribution is 2.55. The van der Waals surface area contributed by atoms with Crippen molar-refractivity contribution in [2.45, 2.75) is 40.0 Å². The van der Waals surface area contributed by atoms with Gasteiger partial charge in [-0.25, -0.2) is 0 Å². The van der Waals surface area contributed by atoms with E-state index in [2.05, 4.69) is 71.3 Å². The first kappa shape index (κ1) is 13.2. The van der Waals surface area contributed by atoms with Crippen LogP contribution in [-0.4, -0.2) is 7.05 Å². The number of anilines is 1. The van der Waals surface area contributed by atoms with Gasteiger partial charge in [0, 0.05) is 23.8 Å². The fourth-order valence-electron chi connectivity index (χ4n) is 3.96. The summed E-state index contributed by atoms with van der Waals surface area (Å²) in [7, 11) is 2.15. The number of aryl methyl sites for hydroxylation is 1. The summed E-state index contributed by atoms with van der Waals surface area (Å²) >= 11 is 0. The molecule has 1 aliphatic rings. The number of hydrogen-bond donors (Lipinski definition) is 0. The summed E-state index contributed by atoms with van der Waals surface area (Å²) in [6.07, 6.45) is 0. The number of para-hydroxylation sites is 1. The van der Waals surface area contributed by atoms with Crippen molar-refractivity contribution in [3.63, 3.8) is 0 Å². The van der Waals surface area contributed by atoms with E-state index >= 15 is 0 Å². The van der Waals surface area contributed by atoms with Crippen molar-refractivity contribution in [1.82, 2.24) is 0 Å². The summed E-state index contributed by atoms with van der Waals surface area (Å²) in [5.74, 6) is 1.10. The van der Waals surface area contributed by atoms with Gasteiger partial charge < -0.3 is 4.90 Å². The van der Waals surface area contributed by atoms with Crippen LogP contribution in [-0.2, 0) is 5.41 Å². The quantitative estimate of drug-likeness (QED) is 0.739. The molecule has 18 heavy (non-hydrogen) atoms. The SMILES string of the molecule is C=C1N(C)c2c(C)cccc2C1(C(C)C)C(C)C. The third kappa shape index (κ3) is 1.39. The van der Waals surface area contributed by atoms with Crippen LogP contribution in [0.2, 0.25) is 0 Å². The summed E-state index contributed by atoms with van der Waals surface area (Å²) in [5.41, 5.74) is 5.50. The highest BCUT2D eigenvalue weighted by atomic mass is 15.2. The van der Waals surface area contributed by atoms with Gasteiger partial charge in [-0.05, 0) is 29.9 Å². The standard InChI is InChI=1S/C17H25N/c1-11(2)17(12(3)4)14(6)18(7)16-13(5)9-8-10-15(16)17/h8-12H,6H2,1-5,7H3. The summed E-state index contributed by atoms with van der Waals surface area (Å²) < 4.78 is 0. The molecule has 0 N–H and O–H groups in total. The number of hydrogen-bond acceptors (Lipinski definition) is 1. The lowest BCUT2D eigenvalue weighted by Gasteiger charge is -2.40. The van der Waals surface area contributed by atoms with Crippen LogP contribution in [0.25, 0.3) is 0 Å². The largest absolute Gasteiger partial charge is 0.347 e. The Hall–Kier alpha value is -1.24. The lowest BCUT2D eigenvalue weighted by Crippen LogP contribution is -2.39. The summed E-state index contributed by atoms with van der Waals surface area (Å²) in [4.78, 5) is 2.30. The molecule has 0 unspecified atom stereocenters. The first-order valence-corrected chi connectivity index (χ1v) is 6.88. The Morgan fingerprint density at radius 3 is 2.17 bits per heavy atom. The van der Waals surface area contributed by atoms with Crippen molar-refractivity contribution in [2.24, 2.45) is 11.8 Å². The van der Waals surface area contributed by atoms with Crippen molar-refractivity contribution < 1.29 is 0 Å². The maximum atomic E-state index is 4.41. The Morgan fingerprint density at radius 2 is 1.67 bits per heavy atom. The van der Waals surface area contributed by atoms with Crippen LogP contribution < -0.4 is 4.90 Å². The van der Waals surface area contributed by atoms with Gasteiger partial charge in [-0.15, -0.1) is 0 Å². The molecule has 0 aliphatic carbocycles. The van der Waals surface area contributed by atoms with Crippen LogP contribution >= 0.6 is 0 Å². The van der Waals surface area contributed by atoms with Gasteiger partial charge in [-0.1, -0.05) is 52.5 Å². The van der Waals surface area contributed by atoms with Gasteiger partial charge in [0.25, 0.3) is 0 Å². The number of benzene rings is 1. The predicted molar refractivity (Wildman–Crippen MR) is 80.1 cm³/mol. The smallest absolute Gasteiger partial charge is 0.0477 e. The molecule has 0 atom stereocenters. The Bertz CT molecular complexity index is 474. The van der Waals surface area contributed by atoms with Crippen molar-refractivity contribution in [2.75, 3.05) is 11.9 Å². The minimum atomic E-state index is 0.0795. The fourth-order valence-corrected chi connectivity index (χ4v) is 3.96. The summed E-state index contributed by atoms with van der Waals surface area (Å²) in [6, 6.07) is 6.66. The van der Waals surface area contributed by atoms with E-state index in [0.29, 0.717) is 11.8 Å². The number of fused-ring (bicyclic) bond motifs is 1. The van der Waals surface area contributed by atoms with Crippen LogP contribution in [0.1, 0.15) is 38.8 Å². The number of nitrogens with zero attached hydrogens (tertiary/aromatic N) is 1. The van der Waals surface area contributed by atoms with E-state index in [1.807, 2.05) is 0 Å². The molecule has 0 amide bonds. The molecule has 0 spiro atoms. The van der Waals surface area contributed by atoms with Crippen LogP contribution in [0, 0.1) is 18.8 Å². The first-order chi connectivity index (χ1) is 8.35. The van der Waals surface area contributed by atoms with Crippen molar-refractivity contribution in [1.29, 1.82) is 0 Å². The van der Waals surface area contributed by atoms with Gasteiger partial charge in [-0.2, -0.15) is 0 Å². The molecule has 0 bridgehead atoms. The zero-order valence-electron chi connectivity index (χ0n) is 12.5. The Kier molecular flexibility index (Phi) is 3.04. The van der Waals surface area contributed by atoms with Crippen LogP contribution in [0.3, 0.4) is 0 Å². The molecule has 0 fully saturated rings. The topological polar surface area (TPSA) is 3.24 Å². The molecule has 2 rings (SSSR count). The maximum absolute atomic E-state index is 4.41. The molecular formula is C17H25N. The lowest BCUT2D eigenvalue weighted by atomic mass is 9.64. The van der Waals surface area contributed by atoms with E-state index in [4.69, 9.17) is 0 Å². The van der Waals surface area contributed by atoms with Gasteiger partial charge in [0.1, 0.15) is 0 Å². The zero-order chi connectivity index (χ0) is 13.7. The monoisotopic (exact) mass is 243 g/mol. The molecule has 1 nitrogen and oxygen atoms in total. The van der Waals surface area contributed by atoms with Crippen LogP contribution in [0.4, 0.5) is 5.69 Å². The van der Waals surface area contributed by atoms with Crippen molar-refractivity contribution >= 4 is 5.69 Å². The number of rotatable bonds is 2. The molecule has 0 saturated heterocycles. The van der Waals surface area contributed by atoms with Crippen molar-refractivity contribution in [3.05, 3.63) is 41.6 Å². The van der Waals surface area contributed by atoms with E-state index in [1.165, 1.54) is 22.5 Å². The second kappa shape index (κ2) is 4.15. The molecular weight excluding hydrogens is 218 g/mol. The lowest BCUT2D eigenvalue weighted by molar-refractivity contribution is 0.275. The number of likely N-dealkylation sites (N-methyl/N-ethyl adjacent to an activating group) is 1. The van der Waals surface area contributed by atoms with Gasteiger partial charge in [0.05, 0.1) is 0 Å². The Balaban J connectivity index is 2.79. The van der Waals surface area contributed by atoms with Gasteiger partial charge in [0.15, 0.2) is 0 Å². The third-order valence-corrected chi connectivity index (χ3v) is 4.72. The first-order valence-electron chi connectivity index (χ1n) is 6.88. The van der Waals surface area contributed by atoms with Crippen LogP contribution in [0.15, 0.2) is 30.5 Å². The molecule has 1 aromatic carbocycles. The molecule has 1 heterocycles. The molecule has 98 valence electrons. The van der Waals surface area contributed by atoms with E-state index in [-0.39, 0.29) is 5.41 Å². The summed E-state index contributed by atoms with van der Waals surface area (Å²) in [6.45, 7) is 15.9. The van der Waals surface area contributed by atoms with E-state index < -0.39 is 0 Å². The molecule has 0 saturated carbocycles. The van der Waals surface area contributed by atoms with E-state index in [9.17, 15) is 0 Å². The Labute approximate surface area is 112 Å². The van der Waals surface area contributed by atoms with E-state index in [1.54, 1.807) is 0 Å². The predicted octanol–water partition coefficient (Wildman–Crippen LogP) is 4.51. The minimum Gasteiger partial charge on any atom is -0.347 e. The second-order valence-corrected chi connectivity index (χ2v) is 6.16. The number of allylic oxidation sites excluding steroid dienone is 1. The highest BCUT2D eigenvalue weighted by molar-refractivity contribution is 5.73. The van der Waals surface area contributed by atoms with E-state index in [0.717, 1.165) is 0 Å².